The molecule has 94 valence electrons. The van der Waals surface area contributed by atoms with E-state index in [1.807, 2.05) is 12.1 Å². The van der Waals surface area contributed by atoms with Crippen LogP contribution in [0.3, 0.4) is 0 Å². The van der Waals surface area contributed by atoms with E-state index < -0.39 is 0 Å². The van der Waals surface area contributed by atoms with Gasteiger partial charge >= 0.3 is 0 Å². The summed E-state index contributed by atoms with van der Waals surface area (Å²) in [6.45, 7) is 6.69. The molecule has 2 rings (SSSR count). The maximum atomic E-state index is 12.8. The van der Waals surface area contributed by atoms with Crippen molar-refractivity contribution in [2.24, 2.45) is 0 Å². The molecule has 0 bridgehead atoms. The van der Waals surface area contributed by atoms with E-state index in [4.69, 9.17) is 0 Å². The van der Waals surface area contributed by atoms with Gasteiger partial charge in [-0.05, 0) is 50.6 Å². The quantitative estimate of drug-likeness (QED) is 0.864. The molecule has 1 heterocycles. The lowest BCUT2D eigenvalue weighted by atomic mass is 10.1. The molecule has 0 saturated carbocycles. The van der Waals surface area contributed by atoms with Gasteiger partial charge in [-0.25, -0.2) is 4.39 Å². The van der Waals surface area contributed by atoms with Crippen LogP contribution in [0.1, 0.15) is 18.9 Å². The van der Waals surface area contributed by atoms with E-state index in [-0.39, 0.29) is 5.82 Å². The van der Waals surface area contributed by atoms with Crippen molar-refractivity contribution in [3.63, 3.8) is 0 Å². The molecule has 0 amide bonds. The topological polar surface area (TPSA) is 15.3 Å². The molecular formula is C14H21FN2. The predicted octanol–water partition coefficient (Wildman–Crippen LogP) is 2.05. The fourth-order valence-electron chi connectivity index (χ4n) is 2.32. The summed E-state index contributed by atoms with van der Waals surface area (Å²) in [7, 11) is 0. The van der Waals surface area contributed by atoms with Crippen LogP contribution in [0.25, 0.3) is 0 Å². The molecule has 1 atom stereocenters. The number of rotatable bonds is 3. The molecule has 1 aromatic carbocycles. The number of nitrogens with one attached hydrogen (secondary N) is 1. The summed E-state index contributed by atoms with van der Waals surface area (Å²) in [5, 5.41) is 3.44. The number of benzene rings is 1. The Morgan fingerprint density at radius 3 is 2.88 bits per heavy atom. The Balaban J connectivity index is 1.85. The van der Waals surface area contributed by atoms with Crippen molar-refractivity contribution in [2.45, 2.75) is 25.8 Å². The second-order valence-corrected chi connectivity index (χ2v) is 4.82. The molecule has 1 N–H and O–H groups in total. The number of hydrogen-bond donors (Lipinski definition) is 1. The zero-order valence-electron chi connectivity index (χ0n) is 10.5. The SMILES string of the molecule is CC1CNCCCN1CCc1ccc(F)cc1. The molecule has 1 aliphatic heterocycles. The molecule has 1 saturated heterocycles. The highest BCUT2D eigenvalue weighted by atomic mass is 19.1. The van der Waals surface area contributed by atoms with Crippen LogP contribution >= 0.6 is 0 Å². The van der Waals surface area contributed by atoms with E-state index in [1.54, 1.807) is 12.1 Å². The summed E-state index contributed by atoms with van der Waals surface area (Å²) in [6, 6.07) is 7.45. The molecule has 0 spiro atoms. The smallest absolute Gasteiger partial charge is 0.123 e. The fraction of sp³-hybridized carbons (Fsp3) is 0.571. The van der Waals surface area contributed by atoms with Crippen molar-refractivity contribution in [1.82, 2.24) is 10.2 Å². The van der Waals surface area contributed by atoms with Crippen LogP contribution in [0, 0.1) is 5.82 Å². The molecule has 2 nitrogen and oxygen atoms in total. The maximum absolute atomic E-state index is 12.8. The summed E-state index contributed by atoms with van der Waals surface area (Å²) < 4.78 is 12.8. The molecule has 1 unspecified atom stereocenters. The van der Waals surface area contributed by atoms with Crippen molar-refractivity contribution in [2.75, 3.05) is 26.2 Å². The first kappa shape index (κ1) is 12.5. The molecule has 0 radical (unpaired) electrons. The monoisotopic (exact) mass is 236 g/mol. The van der Waals surface area contributed by atoms with Gasteiger partial charge in [-0.1, -0.05) is 12.1 Å². The normalized spacial score (nSPS) is 22.4. The summed E-state index contributed by atoms with van der Waals surface area (Å²) >= 11 is 0. The first-order valence-electron chi connectivity index (χ1n) is 6.45. The molecular weight excluding hydrogens is 215 g/mol. The van der Waals surface area contributed by atoms with Crippen molar-refractivity contribution < 1.29 is 4.39 Å². The van der Waals surface area contributed by atoms with Crippen LogP contribution in [0.4, 0.5) is 4.39 Å². The van der Waals surface area contributed by atoms with E-state index >= 15 is 0 Å². The molecule has 3 heteroatoms. The molecule has 0 aliphatic carbocycles. The van der Waals surface area contributed by atoms with Gasteiger partial charge in [0.2, 0.25) is 0 Å². The molecule has 0 aromatic heterocycles. The Bertz CT molecular complexity index is 337. The lowest BCUT2D eigenvalue weighted by molar-refractivity contribution is 0.225. The second kappa shape index (κ2) is 6.12. The van der Waals surface area contributed by atoms with Crippen LogP contribution < -0.4 is 5.32 Å². The van der Waals surface area contributed by atoms with Gasteiger partial charge in [0.25, 0.3) is 0 Å². The van der Waals surface area contributed by atoms with Crippen LogP contribution in [0.2, 0.25) is 0 Å². The van der Waals surface area contributed by atoms with E-state index in [1.165, 1.54) is 12.0 Å². The van der Waals surface area contributed by atoms with Gasteiger partial charge < -0.3 is 5.32 Å². The van der Waals surface area contributed by atoms with E-state index in [0.29, 0.717) is 6.04 Å². The molecule has 1 aliphatic rings. The highest BCUT2D eigenvalue weighted by Crippen LogP contribution is 2.08. The van der Waals surface area contributed by atoms with Crippen molar-refractivity contribution in [3.05, 3.63) is 35.6 Å². The molecule has 1 aromatic rings. The average Bonchev–Trinajstić information content (AvgIpc) is 2.54. The van der Waals surface area contributed by atoms with Crippen LogP contribution in [-0.4, -0.2) is 37.1 Å². The minimum absolute atomic E-state index is 0.152. The summed E-state index contributed by atoms with van der Waals surface area (Å²) in [4.78, 5) is 2.52. The first-order valence-corrected chi connectivity index (χ1v) is 6.45. The van der Waals surface area contributed by atoms with Gasteiger partial charge in [-0.2, -0.15) is 0 Å². The maximum Gasteiger partial charge on any atom is 0.123 e. The van der Waals surface area contributed by atoms with Crippen LogP contribution in [-0.2, 0) is 6.42 Å². The fourth-order valence-corrected chi connectivity index (χ4v) is 2.32. The van der Waals surface area contributed by atoms with Gasteiger partial charge in [0, 0.05) is 19.1 Å². The van der Waals surface area contributed by atoms with Crippen molar-refractivity contribution in [1.29, 1.82) is 0 Å². The summed E-state index contributed by atoms with van der Waals surface area (Å²) in [5.41, 5.74) is 1.22. The van der Waals surface area contributed by atoms with Gasteiger partial charge in [0.1, 0.15) is 5.82 Å². The van der Waals surface area contributed by atoms with Gasteiger partial charge in [-0.3, -0.25) is 4.90 Å². The summed E-state index contributed by atoms with van der Waals surface area (Å²) in [5.74, 6) is -0.152. The van der Waals surface area contributed by atoms with Gasteiger partial charge in [0.05, 0.1) is 0 Å². The zero-order chi connectivity index (χ0) is 12.1. The lowest BCUT2D eigenvalue weighted by Crippen LogP contribution is -2.38. The standard InChI is InChI=1S/C14H21FN2/c1-12-11-16-8-2-9-17(12)10-7-13-3-5-14(15)6-4-13/h3-6,12,16H,2,7-11H2,1H3. The third-order valence-corrected chi connectivity index (χ3v) is 3.46. The van der Waals surface area contributed by atoms with Crippen molar-refractivity contribution in [3.8, 4) is 0 Å². The van der Waals surface area contributed by atoms with E-state index in [0.717, 1.165) is 32.6 Å². The Morgan fingerprint density at radius 1 is 1.35 bits per heavy atom. The Kier molecular flexibility index (Phi) is 4.51. The average molecular weight is 236 g/mol. The second-order valence-electron chi connectivity index (χ2n) is 4.82. The minimum Gasteiger partial charge on any atom is -0.315 e. The highest BCUT2D eigenvalue weighted by Gasteiger charge is 2.15. The number of halogens is 1. The van der Waals surface area contributed by atoms with E-state index in [9.17, 15) is 4.39 Å². The van der Waals surface area contributed by atoms with E-state index in [2.05, 4.69) is 17.1 Å². The number of hydrogen-bond acceptors (Lipinski definition) is 2. The third kappa shape index (κ3) is 3.79. The van der Waals surface area contributed by atoms with Gasteiger partial charge in [0.15, 0.2) is 0 Å². The number of nitrogens with zero attached hydrogens (tertiary/aromatic N) is 1. The zero-order valence-corrected chi connectivity index (χ0v) is 10.5. The van der Waals surface area contributed by atoms with Gasteiger partial charge in [-0.15, -0.1) is 0 Å². The molecule has 17 heavy (non-hydrogen) atoms. The van der Waals surface area contributed by atoms with Crippen LogP contribution in [0.5, 0.6) is 0 Å². The third-order valence-electron chi connectivity index (χ3n) is 3.46. The summed E-state index contributed by atoms with van der Waals surface area (Å²) in [6.07, 6.45) is 2.22. The largest absolute Gasteiger partial charge is 0.315 e. The Hall–Kier alpha value is -0.930. The first-order chi connectivity index (χ1) is 8.25. The lowest BCUT2D eigenvalue weighted by Gasteiger charge is -2.26. The Labute approximate surface area is 103 Å². The molecule has 1 fully saturated rings. The van der Waals surface area contributed by atoms with Crippen molar-refractivity contribution >= 4 is 0 Å². The predicted molar refractivity (Wildman–Crippen MR) is 68.6 cm³/mol. The Morgan fingerprint density at radius 2 is 2.12 bits per heavy atom. The minimum atomic E-state index is -0.152. The van der Waals surface area contributed by atoms with Crippen LogP contribution in [0.15, 0.2) is 24.3 Å². The highest BCUT2D eigenvalue weighted by molar-refractivity contribution is 5.16.